The van der Waals surface area contributed by atoms with Crippen LogP contribution >= 0.6 is 19.0 Å². The number of carbonyl (C=O) groups excluding carboxylic acids is 1. The highest BCUT2D eigenvalue weighted by atomic mass is 35.5. The van der Waals surface area contributed by atoms with E-state index in [0.29, 0.717) is 43.1 Å². The van der Waals surface area contributed by atoms with Crippen molar-refractivity contribution in [2.45, 2.75) is 52.6 Å². The van der Waals surface area contributed by atoms with Crippen molar-refractivity contribution in [3.8, 4) is 11.3 Å². The molecule has 1 amide bonds. The molecule has 2 aliphatic heterocycles. The molecule has 10 heteroatoms. The summed E-state index contributed by atoms with van der Waals surface area (Å²) in [5, 5.41) is 0.264. The molecule has 1 saturated heterocycles. The zero-order chi connectivity index (χ0) is 30.3. The van der Waals surface area contributed by atoms with Crippen LogP contribution in [0.3, 0.4) is 0 Å². The molecule has 1 fully saturated rings. The van der Waals surface area contributed by atoms with E-state index in [1.165, 1.54) is 12.1 Å². The Bertz CT molecular complexity index is 1620. The third-order valence-electron chi connectivity index (χ3n) is 8.07. The molecule has 0 N–H and O–H groups in total. The number of nitrogens with zero attached hydrogens (tertiary/aromatic N) is 5. The summed E-state index contributed by atoms with van der Waals surface area (Å²) in [5.41, 5.74) is 4.00. The first-order valence-corrected chi connectivity index (χ1v) is 16.7. The highest BCUT2D eigenvalue weighted by Gasteiger charge is 2.42. The monoisotopic (exact) mass is 607 g/mol. The molecular formula is C32H36ClFN5O2P. The van der Waals surface area contributed by atoms with Crippen molar-refractivity contribution in [3.63, 3.8) is 0 Å². The van der Waals surface area contributed by atoms with Crippen molar-refractivity contribution in [3.05, 3.63) is 88.7 Å². The van der Waals surface area contributed by atoms with Gasteiger partial charge in [0.2, 0.25) is 5.91 Å². The van der Waals surface area contributed by atoms with E-state index in [0.717, 1.165) is 16.8 Å². The summed E-state index contributed by atoms with van der Waals surface area (Å²) in [6.07, 6.45) is 2.76. The summed E-state index contributed by atoms with van der Waals surface area (Å²) >= 11 is 6.85. The van der Waals surface area contributed by atoms with Crippen LogP contribution < -0.4 is 4.67 Å². The molecule has 2 aromatic carbocycles. The number of hydrogen-bond acceptors (Lipinski definition) is 4. The fourth-order valence-electron chi connectivity index (χ4n) is 5.93. The number of amides is 1. The van der Waals surface area contributed by atoms with E-state index in [1.54, 1.807) is 40.5 Å². The molecule has 2 aliphatic rings. The molecule has 3 heterocycles. The number of hydrogen-bond donors (Lipinski definition) is 0. The van der Waals surface area contributed by atoms with Gasteiger partial charge in [-0.3, -0.25) is 14.0 Å². The van der Waals surface area contributed by atoms with Gasteiger partial charge >= 0.3 is 0 Å². The summed E-state index contributed by atoms with van der Waals surface area (Å²) in [7, 11) is -3.50. The molecule has 1 unspecified atom stereocenters. The summed E-state index contributed by atoms with van der Waals surface area (Å²) in [6.45, 7) is 14.3. The number of anilines is 2. The number of halogens is 2. The lowest BCUT2D eigenvalue weighted by atomic mass is 10.0. The Morgan fingerprint density at radius 3 is 2.36 bits per heavy atom. The highest BCUT2D eigenvalue weighted by molar-refractivity contribution is 7.64. The van der Waals surface area contributed by atoms with Gasteiger partial charge in [0.25, 0.3) is 7.44 Å². The van der Waals surface area contributed by atoms with E-state index in [4.69, 9.17) is 21.3 Å². The first-order chi connectivity index (χ1) is 20.0. The van der Waals surface area contributed by atoms with Gasteiger partial charge in [-0.05, 0) is 62.1 Å². The van der Waals surface area contributed by atoms with E-state index >= 15 is 4.39 Å². The summed E-state index contributed by atoms with van der Waals surface area (Å²) in [4.78, 5) is 21.4. The van der Waals surface area contributed by atoms with Gasteiger partial charge in [-0.2, -0.15) is 4.76 Å². The number of rotatable bonds is 5. The number of fused-ring (bicyclic) bond motifs is 1. The topological polar surface area (TPSA) is 69.1 Å². The predicted molar refractivity (Wildman–Crippen MR) is 170 cm³/mol. The first-order valence-electron chi connectivity index (χ1n) is 14.3. The standard InChI is InChI=1S/C32H36ClFN5O2P/c1-7-22-13-12-14-23(8-2)30(22)39-31-25(17-26(33)29(35-31)24-15-10-11-16-27(24)34)32(36-42(39,6)41)38-19-20(4)37(18-21(38)5)28(40)9-3/h9-17,20-21H,3,7-8,18-19H2,1-2,4-6H3/t20-,21+,42?/m1/s1. The van der Waals surface area contributed by atoms with Gasteiger partial charge in [-0.15, -0.1) is 0 Å². The smallest absolute Gasteiger partial charge is 0.285 e. The van der Waals surface area contributed by atoms with Crippen molar-refractivity contribution >= 4 is 42.3 Å². The van der Waals surface area contributed by atoms with Gasteiger partial charge < -0.3 is 9.80 Å². The summed E-state index contributed by atoms with van der Waals surface area (Å²) in [5.74, 6) is 0.360. The second kappa shape index (κ2) is 11.7. The Balaban J connectivity index is 1.76. The van der Waals surface area contributed by atoms with Crippen LogP contribution in [0.2, 0.25) is 5.02 Å². The molecule has 0 aliphatic carbocycles. The van der Waals surface area contributed by atoms with Crippen LogP contribution in [0.4, 0.5) is 15.9 Å². The minimum absolute atomic E-state index is 0.130. The molecule has 42 heavy (non-hydrogen) atoms. The Morgan fingerprint density at radius 1 is 1.07 bits per heavy atom. The van der Waals surface area contributed by atoms with Crippen LogP contribution in [0, 0.1) is 5.82 Å². The SMILES string of the molecule is C=CC(=O)N1C[C@H](C)N(C2=NP(C)(=O)N(c3c(CC)cccc3CC)c3nc(-c4ccccc4F)c(Cl)cc32)C[C@H]1C. The van der Waals surface area contributed by atoms with Crippen LogP contribution in [-0.4, -0.2) is 58.4 Å². The van der Waals surface area contributed by atoms with Crippen LogP contribution in [0.25, 0.3) is 11.3 Å². The van der Waals surface area contributed by atoms with E-state index in [-0.39, 0.29) is 34.3 Å². The van der Waals surface area contributed by atoms with Gasteiger partial charge in [-0.25, -0.2) is 9.37 Å². The number of para-hydroxylation sites is 1. The fraction of sp³-hybridized carbons (Fsp3) is 0.344. The lowest BCUT2D eigenvalue weighted by Crippen LogP contribution is -2.59. The lowest BCUT2D eigenvalue weighted by molar-refractivity contribution is -0.130. The maximum absolute atomic E-state index is 15.1. The Hall–Kier alpha value is -3.48. The molecule has 3 atom stereocenters. The number of amidine groups is 1. The maximum atomic E-state index is 15.1. The molecule has 0 radical (unpaired) electrons. The average molecular weight is 608 g/mol. The lowest BCUT2D eigenvalue weighted by Gasteiger charge is -2.47. The van der Waals surface area contributed by atoms with Crippen LogP contribution in [0.5, 0.6) is 0 Å². The van der Waals surface area contributed by atoms with Crippen molar-refractivity contribution in [1.82, 2.24) is 14.8 Å². The molecule has 0 bridgehead atoms. The third-order valence-corrected chi connectivity index (χ3v) is 10.1. The third kappa shape index (κ3) is 5.16. The quantitative estimate of drug-likeness (QED) is 0.222. The van der Waals surface area contributed by atoms with Gasteiger partial charge in [0, 0.05) is 37.4 Å². The van der Waals surface area contributed by atoms with Gasteiger partial charge in [0.05, 0.1) is 22.0 Å². The average Bonchev–Trinajstić information content (AvgIpc) is 2.97. The van der Waals surface area contributed by atoms with E-state index in [1.807, 2.05) is 32.0 Å². The van der Waals surface area contributed by atoms with E-state index in [2.05, 4.69) is 25.3 Å². The molecule has 0 saturated carbocycles. The molecule has 3 aromatic rings. The predicted octanol–water partition coefficient (Wildman–Crippen LogP) is 7.49. The van der Waals surface area contributed by atoms with Gasteiger partial charge in [0.15, 0.2) is 5.82 Å². The second-order valence-electron chi connectivity index (χ2n) is 10.9. The van der Waals surface area contributed by atoms with Crippen molar-refractivity contribution in [2.75, 3.05) is 24.4 Å². The summed E-state index contributed by atoms with van der Waals surface area (Å²) in [6, 6.07) is 13.9. The first kappa shape index (κ1) is 30.0. The number of aryl methyl sites for hydroxylation is 2. The minimum Gasteiger partial charge on any atom is -0.349 e. The van der Waals surface area contributed by atoms with Gasteiger partial charge in [0.1, 0.15) is 11.7 Å². The number of piperazine rings is 1. The van der Waals surface area contributed by atoms with Crippen LogP contribution in [0.1, 0.15) is 44.4 Å². The molecule has 1 aromatic heterocycles. The highest BCUT2D eigenvalue weighted by Crippen LogP contribution is 2.60. The Morgan fingerprint density at radius 2 is 1.74 bits per heavy atom. The van der Waals surface area contributed by atoms with E-state index < -0.39 is 13.3 Å². The van der Waals surface area contributed by atoms with Crippen LogP contribution in [0.15, 0.2) is 65.9 Å². The zero-order valence-electron chi connectivity index (χ0n) is 24.6. The zero-order valence-corrected chi connectivity index (χ0v) is 26.3. The van der Waals surface area contributed by atoms with Gasteiger partial charge in [-0.1, -0.05) is 62.4 Å². The Labute approximate surface area is 252 Å². The number of aromatic nitrogens is 1. The largest absolute Gasteiger partial charge is 0.349 e. The number of benzene rings is 2. The summed E-state index contributed by atoms with van der Waals surface area (Å²) < 4.78 is 36.6. The number of carbonyl (C=O) groups is 1. The van der Waals surface area contributed by atoms with E-state index in [9.17, 15) is 9.36 Å². The molecular weight excluding hydrogens is 572 g/mol. The molecule has 0 spiro atoms. The fourth-order valence-corrected chi connectivity index (χ4v) is 7.98. The maximum Gasteiger partial charge on any atom is 0.285 e. The van der Waals surface area contributed by atoms with Crippen LogP contribution in [-0.2, 0) is 22.2 Å². The van der Waals surface area contributed by atoms with Crippen molar-refractivity contribution < 1.29 is 13.8 Å². The number of pyridine rings is 1. The van der Waals surface area contributed by atoms with Crippen molar-refractivity contribution in [1.29, 1.82) is 0 Å². The second-order valence-corrected chi connectivity index (χ2v) is 13.6. The molecule has 7 nitrogen and oxygen atoms in total. The molecule has 220 valence electrons. The normalized spacial score (nSPS) is 22.1. The molecule has 5 rings (SSSR count). The van der Waals surface area contributed by atoms with Crippen molar-refractivity contribution in [2.24, 2.45) is 4.76 Å². The Kier molecular flexibility index (Phi) is 8.32. The minimum atomic E-state index is -3.50.